The van der Waals surface area contributed by atoms with Gasteiger partial charge in [-0.25, -0.2) is 0 Å². The number of aromatic hydroxyl groups is 2. The predicted octanol–water partition coefficient (Wildman–Crippen LogP) is 4.88. The number of fused-ring (bicyclic) bond motifs is 2. The largest absolute Gasteiger partial charge is 0.504 e. The molecular weight excluding hydrogens is 368 g/mol. The molecule has 0 spiro atoms. The number of ether oxygens (including phenoxy) is 3. The maximum Gasteiger partial charge on any atom is 0.161 e. The van der Waals surface area contributed by atoms with E-state index in [2.05, 4.69) is 0 Å². The van der Waals surface area contributed by atoms with Crippen LogP contribution in [0.3, 0.4) is 0 Å². The summed E-state index contributed by atoms with van der Waals surface area (Å²) >= 11 is 0. The minimum Gasteiger partial charge on any atom is -0.504 e. The number of hydrogen-bond donors (Lipinski definition) is 2. The molecule has 0 saturated heterocycles. The van der Waals surface area contributed by atoms with Crippen molar-refractivity contribution < 1.29 is 24.4 Å². The van der Waals surface area contributed by atoms with Crippen molar-refractivity contribution in [1.29, 1.82) is 0 Å². The van der Waals surface area contributed by atoms with Crippen molar-refractivity contribution >= 4 is 21.5 Å². The fraction of sp³-hybridized carbons (Fsp3) is 0.167. The maximum atomic E-state index is 10.1. The third-order valence-electron chi connectivity index (χ3n) is 4.63. The minimum absolute atomic E-state index is 0.110. The lowest BCUT2D eigenvalue weighted by Crippen LogP contribution is -2.12. The summed E-state index contributed by atoms with van der Waals surface area (Å²) in [6.07, 6.45) is 0. The molecule has 0 fully saturated rings. The third-order valence-corrected chi connectivity index (χ3v) is 4.63. The number of hydrogen-bond acceptors (Lipinski definition) is 5. The molecule has 5 heteroatoms. The normalized spacial score (nSPS) is 11.0. The highest BCUT2D eigenvalue weighted by molar-refractivity contribution is 5.86. The Bertz CT molecular complexity index is 1030. The van der Waals surface area contributed by atoms with Gasteiger partial charge in [0.1, 0.15) is 13.2 Å². The second-order valence-corrected chi connectivity index (χ2v) is 6.64. The summed E-state index contributed by atoms with van der Waals surface area (Å²) in [5, 5.41) is 24.1. The molecule has 0 saturated carbocycles. The molecule has 0 aliphatic carbocycles. The maximum absolute atomic E-state index is 10.1. The first kappa shape index (κ1) is 18.9. The van der Waals surface area contributed by atoms with Crippen LogP contribution in [-0.4, -0.2) is 36.6 Å². The zero-order valence-corrected chi connectivity index (χ0v) is 15.9. The van der Waals surface area contributed by atoms with Crippen LogP contribution >= 0.6 is 0 Å². The van der Waals surface area contributed by atoms with Crippen LogP contribution in [0.15, 0.2) is 72.8 Å². The molecule has 29 heavy (non-hydrogen) atoms. The molecule has 5 nitrogen and oxygen atoms in total. The molecule has 4 aromatic carbocycles. The number of rotatable bonds is 8. The lowest BCUT2D eigenvalue weighted by Gasteiger charge is -2.11. The quantitative estimate of drug-likeness (QED) is 0.420. The molecule has 4 aromatic rings. The van der Waals surface area contributed by atoms with E-state index in [9.17, 15) is 10.2 Å². The topological polar surface area (TPSA) is 68.2 Å². The van der Waals surface area contributed by atoms with Gasteiger partial charge in [0.05, 0.1) is 13.2 Å². The lowest BCUT2D eigenvalue weighted by atomic mass is 10.1. The average Bonchev–Trinajstić information content (AvgIpc) is 2.73. The van der Waals surface area contributed by atoms with Gasteiger partial charge in [-0.2, -0.15) is 0 Å². The SMILES string of the molecule is Oc1cc2ccccc2cc1OCCOCCOc1cc2ccccc2cc1O. The van der Waals surface area contributed by atoms with Crippen LogP contribution in [0.2, 0.25) is 0 Å². The van der Waals surface area contributed by atoms with Crippen LogP contribution in [-0.2, 0) is 4.74 Å². The zero-order valence-electron chi connectivity index (χ0n) is 15.9. The summed E-state index contributed by atoms with van der Waals surface area (Å²) in [6, 6.07) is 22.6. The van der Waals surface area contributed by atoms with Gasteiger partial charge >= 0.3 is 0 Å². The Morgan fingerprint density at radius 1 is 0.517 bits per heavy atom. The van der Waals surface area contributed by atoms with E-state index in [1.54, 1.807) is 12.1 Å². The Morgan fingerprint density at radius 3 is 1.31 bits per heavy atom. The summed E-state index contributed by atoms with van der Waals surface area (Å²) < 4.78 is 16.8. The van der Waals surface area contributed by atoms with Crippen LogP contribution in [0.4, 0.5) is 0 Å². The highest BCUT2D eigenvalue weighted by atomic mass is 16.5. The van der Waals surface area contributed by atoms with Crippen LogP contribution in [0.1, 0.15) is 0 Å². The van der Waals surface area contributed by atoms with Crippen molar-refractivity contribution in [3.63, 3.8) is 0 Å². The van der Waals surface area contributed by atoms with E-state index < -0.39 is 0 Å². The van der Waals surface area contributed by atoms with E-state index in [-0.39, 0.29) is 11.5 Å². The van der Waals surface area contributed by atoms with Gasteiger partial charge in [-0.3, -0.25) is 0 Å². The lowest BCUT2D eigenvalue weighted by molar-refractivity contribution is 0.0752. The Balaban J connectivity index is 1.22. The van der Waals surface area contributed by atoms with Gasteiger partial charge in [0.15, 0.2) is 23.0 Å². The summed E-state index contributed by atoms with van der Waals surface area (Å²) in [5.74, 6) is 1.09. The summed E-state index contributed by atoms with van der Waals surface area (Å²) in [6.45, 7) is 1.35. The molecule has 0 amide bonds. The Hall–Kier alpha value is -3.44. The third kappa shape index (κ3) is 4.52. The predicted molar refractivity (Wildman–Crippen MR) is 113 cm³/mol. The molecule has 0 heterocycles. The number of benzene rings is 4. The molecular formula is C24H22O5. The second-order valence-electron chi connectivity index (χ2n) is 6.64. The molecule has 148 valence electrons. The summed E-state index contributed by atoms with van der Waals surface area (Å²) in [4.78, 5) is 0. The Labute approximate surface area is 168 Å². The van der Waals surface area contributed by atoms with E-state index in [0.29, 0.717) is 37.9 Å². The average molecular weight is 390 g/mol. The fourth-order valence-electron chi connectivity index (χ4n) is 3.17. The fourth-order valence-corrected chi connectivity index (χ4v) is 3.17. The van der Waals surface area contributed by atoms with Crippen LogP contribution < -0.4 is 9.47 Å². The summed E-state index contributed by atoms with van der Waals surface area (Å²) in [5.41, 5.74) is 0. The van der Waals surface area contributed by atoms with Gasteiger partial charge in [0.25, 0.3) is 0 Å². The minimum atomic E-state index is 0.110. The van der Waals surface area contributed by atoms with E-state index in [1.807, 2.05) is 60.7 Å². The second kappa shape index (κ2) is 8.71. The van der Waals surface area contributed by atoms with Crippen molar-refractivity contribution in [2.45, 2.75) is 0 Å². The van der Waals surface area contributed by atoms with E-state index in [4.69, 9.17) is 14.2 Å². The van der Waals surface area contributed by atoms with Crippen LogP contribution in [0.25, 0.3) is 21.5 Å². The number of phenols is 2. The van der Waals surface area contributed by atoms with Crippen LogP contribution in [0.5, 0.6) is 23.0 Å². The van der Waals surface area contributed by atoms with Crippen molar-refractivity contribution in [2.24, 2.45) is 0 Å². The standard InChI is InChI=1S/C24H22O5/c25-21-13-17-5-1-3-7-19(17)15-23(21)28-11-9-27-10-12-29-24-16-20-8-4-2-6-18(20)14-22(24)26/h1-8,13-16,25-26H,9-12H2. The van der Waals surface area contributed by atoms with E-state index in [0.717, 1.165) is 21.5 Å². The van der Waals surface area contributed by atoms with E-state index in [1.165, 1.54) is 0 Å². The van der Waals surface area contributed by atoms with Crippen molar-refractivity contribution in [2.75, 3.05) is 26.4 Å². The molecule has 2 N–H and O–H groups in total. The number of phenolic OH excluding ortho intramolecular Hbond substituents is 2. The van der Waals surface area contributed by atoms with Gasteiger partial charge in [-0.15, -0.1) is 0 Å². The molecule has 0 aliphatic rings. The molecule has 0 aromatic heterocycles. The molecule has 0 unspecified atom stereocenters. The van der Waals surface area contributed by atoms with Gasteiger partial charge < -0.3 is 24.4 Å². The smallest absolute Gasteiger partial charge is 0.161 e. The van der Waals surface area contributed by atoms with Gasteiger partial charge in [0, 0.05) is 0 Å². The molecule has 0 bridgehead atoms. The van der Waals surface area contributed by atoms with Crippen molar-refractivity contribution in [3.8, 4) is 23.0 Å². The zero-order chi connectivity index (χ0) is 20.1. The highest BCUT2D eigenvalue weighted by Gasteiger charge is 2.06. The molecule has 0 radical (unpaired) electrons. The van der Waals surface area contributed by atoms with Gasteiger partial charge in [0.2, 0.25) is 0 Å². The van der Waals surface area contributed by atoms with Gasteiger partial charge in [-0.05, 0) is 45.8 Å². The monoisotopic (exact) mass is 390 g/mol. The first-order valence-electron chi connectivity index (χ1n) is 9.47. The van der Waals surface area contributed by atoms with Crippen molar-refractivity contribution in [1.82, 2.24) is 0 Å². The molecule has 4 rings (SSSR count). The van der Waals surface area contributed by atoms with Gasteiger partial charge in [-0.1, -0.05) is 48.5 Å². The first-order chi connectivity index (χ1) is 14.2. The molecule has 0 atom stereocenters. The summed E-state index contributed by atoms with van der Waals surface area (Å²) in [7, 11) is 0. The van der Waals surface area contributed by atoms with Crippen molar-refractivity contribution in [3.05, 3.63) is 72.8 Å². The molecule has 0 aliphatic heterocycles. The Kier molecular flexibility index (Phi) is 5.68. The first-order valence-corrected chi connectivity index (χ1v) is 9.47. The Morgan fingerprint density at radius 2 is 0.897 bits per heavy atom. The van der Waals surface area contributed by atoms with Crippen LogP contribution in [0, 0.1) is 0 Å². The van der Waals surface area contributed by atoms with E-state index >= 15 is 0 Å². The highest BCUT2D eigenvalue weighted by Crippen LogP contribution is 2.32.